The van der Waals surface area contributed by atoms with E-state index in [1.807, 2.05) is 6.92 Å². The van der Waals surface area contributed by atoms with E-state index >= 15 is 0 Å². The lowest BCUT2D eigenvalue weighted by molar-refractivity contribution is -0.384. The van der Waals surface area contributed by atoms with Crippen LogP contribution in [0.5, 0.6) is 0 Å². The Hall–Kier alpha value is -1.78. The van der Waals surface area contributed by atoms with E-state index in [2.05, 4.69) is 5.32 Å². The third-order valence-corrected chi connectivity index (χ3v) is 3.27. The molecule has 6 heteroatoms. The number of rotatable bonds is 4. The highest BCUT2D eigenvalue weighted by molar-refractivity contribution is 6.34. The second-order valence-electron chi connectivity index (χ2n) is 4.39. The Balaban J connectivity index is 2.18. The monoisotopic (exact) mass is 310 g/mol. The predicted molar refractivity (Wildman–Crippen MR) is 81.6 cm³/mol. The topological polar surface area (TPSA) is 55.2 Å². The van der Waals surface area contributed by atoms with Gasteiger partial charge in [0.1, 0.15) is 0 Å². The molecule has 2 aromatic carbocycles. The van der Waals surface area contributed by atoms with Crippen molar-refractivity contribution in [3.8, 4) is 0 Å². The number of nitro benzene ring substituents is 1. The average Bonchev–Trinajstić information content (AvgIpc) is 2.36. The molecule has 0 radical (unpaired) electrons. The highest BCUT2D eigenvalue weighted by Crippen LogP contribution is 2.24. The first-order valence-electron chi connectivity index (χ1n) is 5.89. The highest BCUT2D eigenvalue weighted by Gasteiger charge is 2.08. The minimum Gasteiger partial charge on any atom is -0.381 e. The van der Waals surface area contributed by atoms with Crippen LogP contribution < -0.4 is 5.32 Å². The predicted octanol–water partition coefficient (Wildman–Crippen LogP) is 4.82. The van der Waals surface area contributed by atoms with Crippen LogP contribution in [0.4, 0.5) is 11.4 Å². The van der Waals surface area contributed by atoms with Gasteiger partial charge in [-0.1, -0.05) is 29.3 Å². The summed E-state index contributed by atoms with van der Waals surface area (Å²) in [5.74, 6) is 0. The fraction of sp³-hybridized carbons (Fsp3) is 0.143. The van der Waals surface area contributed by atoms with Gasteiger partial charge in [-0.15, -0.1) is 0 Å². The largest absolute Gasteiger partial charge is 0.381 e. The normalized spacial score (nSPS) is 10.3. The van der Waals surface area contributed by atoms with E-state index < -0.39 is 4.92 Å². The molecule has 0 aliphatic carbocycles. The van der Waals surface area contributed by atoms with E-state index in [-0.39, 0.29) is 5.69 Å². The van der Waals surface area contributed by atoms with E-state index in [0.29, 0.717) is 16.6 Å². The van der Waals surface area contributed by atoms with E-state index in [9.17, 15) is 10.1 Å². The van der Waals surface area contributed by atoms with Crippen molar-refractivity contribution in [2.24, 2.45) is 0 Å². The fourth-order valence-corrected chi connectivity index (χ4v) is 2.40. The summed E-state index contributed by atoms with van der Waals surface area (Å²) in [5, 5.41) is 15.0. The molecule has 0 aliphatic heterocycles. The van der Waals surface area contributed by atoms with Crippen molar-refractivity contribution < 1.29 is 4.92 Å². The standard InChI is InChI=1S/C14H12Cl2N2O2/c1-9-2-3-13(18(19)20)7-14(9)17-8-10-4-11(15)6-12(16)5-10/h2-7,17H,8H2,1H3. The smallest absolute Gasteiger partial charge is 0.271 e. The summed E-state index contributed by atoms with van der Waals surface area (Å²) >= 11 is 11.9. The molecule has 0 heterocycles. The van der Waals surface area contributed by atoms with Gasteiger partial charge in [-0.05, 0) is 36.2 Å². The fourth-order valence-electron chi connectivity index (χ4n) is 1.82. The van der Waals surface area contributed by atoms with Gasteiger partial charge in [-0.2, -0.15) is 0 Å². The highest BCUT2D eigenvalue weighted by atomic mass is 35.5. The minimum absolute atomic E-state index is 0.0576. The van der Waals surface area contributed by atoms with Crippen LogP contribution in [-0.2, 0) is 6.54 Å². The van der Waals surface area contributed by atoms with Crippen LogP contribution >= 0.6 is 23.2 Å². The van der Waals surface area contributed by atoms with Crippen molar-refractivity contribution in [1.82, 2.24) is 0 Å². The first-order valence-corrected chi connectivity index (χ1v) is 6.65. The first-order chi connectivity index (χ1) is 9.45. The summed E-state index contributed by atoms with van der Waals surface area (Å²) in [6, 6.07) is 9.97. The Morgan fingerprint density at radius 2 is 1.80 bits per heavy atom. The second kappa shape index (κ2) is 6.11. The molecule has 0 saturated heterocycles. The molecule has 104 valence electrons. The summed E-state index contributed by atoms with van der Waals surface area (Å²) in [4.78, 5) is 10.4. The van der Waals surface area contributed by atoms with Crippen molar-refractivity contribution in [1.29, 1.82) is 0 Å². The molecular weight excluding hydrogens is 299 g/mol. The quantitative estimate of drug-likeness (QED) is 0.650. The minimum atomic E-state index is -0.416. The van der Waals surface area contributed by atoms with E-state index in [1.165, 1.54) is 12.1 Å². The summed E-state index contributed by atoms with van der Waals surface area (Å²) in [6.07, 6.45) is 0. The van der Waals surface area contributed by atoms with Crippen LogP contribution in [0.1, 0.15) is 11.1 Å². The number of hydrogen-bond acceptors (Lipinski definition) is 3. The Bertz CT molecular complexity index is 639. The lowest BCUT2D eigenvalue weighted by atomic mass is 10.1. The molecule has 0 aromatic heterocycles. The zero-order chi connectivity index (χ0) is 14.7. The summed E-state index contributed by atoms with van der Waals surface area (Å²) in [7, 11) is 0. The van der Waals surface area contributed by atoms with Gasteiger partial charge in [0, 0.05) is 34.4 Å². The number of anilines is 1. The number of non-ortho nitro benzene ring substituents is 1. The molecule has 2 rings (SSSR count). The van der Waals surface area contributed by atoms with Gasteiger partial charge < -0.3 is 5.32 Å². The molecule has 0 bridgehead atoms. The third-order valence-electron chi connectivity index (χ3n) is 2.84. The van der Waals surface area contributed by atoms with Gasteiger partial charge in [0.25, 0.3) is 5.69 Å². The van der Waals surface area contributed by atoms with Gasteiger partial charge in [-0.25, -0.2) is 0 Å². The maximum absolute atomic E-state index is 10.8. The Kier molecular flexibility index (Phi) is 4.47. The molecule has 0 unspecified atom stereocenters. The molecule has 0 saturated carbocycles. The molecule has 4 nitrogen and oxygen atoms in total. The van der Waals surface area contributed by atoms with Gasteiger partial charge in [0.2, 0.25) is 0 Å². The summed E-state index contributed by atoms with van der Waals surface area (Å²) in [6.45, 7) is 2.37. The first kappa shape index (κ1) is 14.6. The SMILES string of the molecule is Cc1ccc([N+](=O)[O-])cc1NCc1cc(Cl)cc(Cl)c1. The zero-order valence-corrected chi connectivity index (χ0v) is 12.2. The molecular formula is C14H12Cl2N2O2. The van der Waals surface area contributed by atoms with Crippen molar-refractivity contribution in [2.45, 2.75) is 13.5 Å². The number of hydrogen-bond donors (Lipinski definition) is 1. The number of nitrogens with zero attached hydrogens (tertiary/aromatic N) is 1. The van der Waals surface area contributed by atoms with Gasteiger partial charge in [0.15, 0.2) is 0 Å². The number of benzene rings is 2. The van der Waals surface area contributed by atoms with Crippen molar-refractivity contribution in [3.63, 3.8) is 0 Å². The molecule has 2 aromatic rings. The van der Waals surface area contributed by atoms with Crippen LogP contribution in [0.2, 0.25) is 10.0 Å². The van der Waals surface area contributed by atoms with Crippen molar-refractivity contribution in [2.75, 3.05) is 5.32 Å². The lowest BCUT2D eigenvalue weighted by Crippen LogP contribution is -2.02. The van der Waals surface area contributed by atoms with E-state index in [4.69, 9.17) is 23.2 Å². The van der Waals surface area contributed by atoms with Crippen molar-refractivity contribution in [3.05, 3.63) is 67.7 Å². The third kappa shape index (κ3) is 3.62. The van der Waals surface area contributed by atoms with Crippen LogP contribution in [0, 0.1) is 17.0 Å². The molecule has 0 fully saturated rings. The second-order valence-corrected chi connectivity index (χ2v) is 5.26. The molecule has 0 spiro atoms. The Labute approximate surface area is 126 Å². The average molecular weight is 311 g/mol. The number of halogens is 2. The Morgan fingerprint density at radius 3 is 2.40 bits per heavy atom. The number of nitro groups is 1. The molecule has 0 aliphatic rings. The molecule has 1 N–H and O–H groups in total. The van der Waals surface area contributed by atoms with Gasteiger partial charge >= 0.3 is 0 Å². The zero-order valence-electron chi connectivity index (χ0n) is 10.7. The maximum Gasteiger partial charge on any atom is 0.271 e. The van der Waals surface area contributed by atoms with E-state index in [1.54, 1.807) is 24.3 Å². The van der Waals surface area contributed by atoms with Gasteiger partial charge in [0.05, 0.1) is 4.92 Å². The Morgan fingerprint density at radius 1 is 1.15 bits per heavy atom. The van der Waals surface area contributed by atoms with Gasteiger partial charge in [-0.3, -0.25) is 10.1 Å². The maximum atomic E-state index is 10.8. The van der Waals surface area contributed by atoms with Crippen LogP contribution in [0.3, 0.4) is 0 Å². The van der Waals surface area contributed by atoms with E-state index in [0.717, 1.165) is 16.8 Å². The summed E-state index contributed by atoms with van der Waals surface area (Å²) < 4.78 is 0. The molecule has 20 heavy (non-hydrogen) atoms. The number of aryl methyl sites for hydroxylation is 1. The lowest BCUT2D eigenvalue weighted by Gasteiger charge is -2.10. The molecule has 0 atom stereocenters. The van der Waals surface area contributed by atoms with Crippen molar-refractivity contribution >= 4 is 34.6 Å². The number of nitrogens with one attached hydrogen (secondary N) is 1. The summed E-state index contributed by atoms with van der Waals surface area (Å²) in [5.41, 5.74) is 2.62. The van der Waals surface area contributed by atoms with Crippen LogP contribution in [0.25, 0.3) is 0 Å². The molecule has 0 amide bonds. The van der Waals surface area contributed by atoms with Crippen LogP contribution in [-0.4, -0.2) is 4.92 Å². The van der Waals surface area contributed by atoms with Crippen LogP contribution in [0.15, 0.2) is 36.4 Å².